The van der Waals surface area contributed by atoms with E-state index in [1.165, 1.54) is 11.3 Å². The first-order chi connectivity index (χ1) is 15.4. The lowest BCUT2D eigenvalue weighted by atomic mass is 10.0. The second-order valence-corrected chi connectivity index (χ2v) is 10.4. The predicted octanol–water partition coefficient (Wildman–Crippen LogP) is 5.64. The van der Waals surface area contributed by atoms with Crippen molar-refractivity contribution in [2.24, 2.45) is 0 Å². The van der Waals surface area contributed by atoms with Crippen molar-refractivity contribution in [2.45, 2.75) is 58.5 Å². The lowest BCUT2D eigenvalue weighted by Gasteiger charge is -2.33. The quantitative estimate of drug-likeness (QED) is 0.465. The molecule has 3 heterocycles. The highest BCUT2D eigenvalue weighted by atomic mass is 79.9. The van der Waals surface area contributed by atoms with Gasteiger partial charge in [-0.05, 0) is 68.6 Å². The minimum atomic E-state index is -0.234. The Bertz CT molecular complexity index is 1090. The minimum Gasteiger partial charge on any atom is -0.338 e. The van der Waals surface area contributed by atoms with Crippen LogP contribution in [-0.4, -0.2) is 50.6 Å². The van der Waals surface area contributed by atoms with Crippen molar-refractivity contribution in [1.29, 1.82) is 0 Å². The van der Waals surface area contributed by atoms with Crippen molar-refractivity contribution in [3.05, 3.63) is 39.3 Å². The Hall–Kier alpha value is -2.06. The topological polar surface area (TPSA) is 62.6 Å². The Morgan fingerprint density at radius 1 is 1.28 bits per heavy atom. The maximum absolute atomic E-state index is 13.1. The van der Waals surface area contributed by atoms with Crippen molar-refractivity contribution < 1.29 is 14.4 Å². The summed E-state index contributed by atoms with van der Waals surface area (Å²) in [4.78, 5) is 41.9. The van der Waals surface area contributed by atoms with Gasteiger partial charge in [0.25, 0.3) is 11.1 Å². The summed E-state index contributed by atoms with van der Waals surface area (Å²) in [7, 11) is 0. The molecule has 1 atom stereocenters. The number of aromatic nitrogens is 1. The standard InChI is InChI=1S/C24H28BrN3O3S/c1-3-4-10-28-23(30)21(32-24(28)31)12-17-14-26(20-9-8-18(25)13-19(17)20)15-22(29)27-11-6-5-7-16(27)2/h8-9,12-14,16H,3-7,10-11,15H2,1-2H3/b21-12-. The first-order valence-corrected chi connectivity index (χ1v) is 12.8. The molecule has 0 bridgehead atoms. The number of imide groups is 1. The monoisotopic (exact) mass is 517 g/mol. The molecule has 2 aliphatic rings. The van der Waals surface area contributed by atoms with Gasteiger partial charge in [0.2, 0.25) is 5.91 Å². The fourth-order valence-electron chi connectivity index (χ4n) is 4.40. The molecule has 170 valence electrons. The number of hydrogen-bond donors (Lipinski definition) is 0. The first kappa shape index (κ1) is 23.1. The molecule has 1 unspecified atom stereocenters. The zero-order chi connectivity index (χ0) is 22.8. The summed E-state index contributed by atoms with van der Waals surface area (Å²) in [5, 5.41) is 0.730. The van der Waals surface area contributed by atoms with Gasteiger partial charge in [-0.15, -0.1) is 0 Å². The third-order valence-corrected chi connectivity index (χ3v) is 7.60. The van der Waals surface area contributed by atoms with Crippen LogP contribution in [0.15, 0.2) is 33.8 Å². The summed E-state index contributed by atoms with van der Waals surface area (Å²) < 4.78 is 2.88. The third kappa shape index (κ3) is 4.66. The second kappa shape index (κ2) is 9.83. The van der Waals surface area contributed by atoms with E-state index >= 15 is 0 Å². The fraction of sp³-hybridized carbons (Fsp3) is 0.458. The average Bonchev–Trinajstić information content (AvgIpc) is 3.23. The fourth-order valence-corrected chi connectivity index (χ4v) is 5.62. The molecule has 2 aromatic rings. The molecule has 2 aliphatic heterocycles. The number of benzene rings is 1. The summed E-state index contributed by atoms with van der Waals surface area (Å²) in [6.45, 7) is 5.67. The number of carbonyl (C=O) groups excluding carboxylic acids is 3. The third-order valence-electron chi connectivity index (χ3n) is 6.20. The van der Waals surface area contributed by atoms with Gasteiger partial charge in [-0.2, -0.15) is 0 Å². The number of fused-ring (bicyclic) bond motifs is 1. The van der Waals surface area contributed by atoms with Crippen LogP contribution in [0.5, 0.6) is 0 Å². The van der Waals surface area contributed by atoms with E-state index < -0.39 is 0 Å². The van der Waals surface area contributed by atoms with Crippen molar-refractivity contribution in [3.8, 4) is 0 Å². The summed E-state index contributed by atoms with van der Waals surface area (Å²) in [5.41, 5.74) is 1.77. The van der Waals surface area contributed by atoms with Crippen LogP contribution in [0.3, 0.4) is 0 Å². The normalized spacial score (nSPS) is 20.7. The van der Waals surface area contributed by atoms with E-state index in [2.05, 4.69) is 22.9 Å². The number of amides is 3. The molecular formula is C24H28BrN3O3S. The summed E-state index contributed by atoms with van der Waals surface area (Å²) in [6.07, 6.45) is 8.70. The lowest BCUT2D eigenvalue weighted by molar-refractivity contribution is -0.135. The molecular weight excluding hydrogens is 490 g/mol. The van der Waals surface area contributed by atoms with Gasteiger partial charge in [-0.25, -0.2) is 0 Å². The first-order valence-electron chi connectivity index (χ1n) is 11.2. The second-order valence-electron chi connectivity index (χ2n) is 8.49. The number of thioether (sulfide) groups is 1. The molecule has 6 nitrogen and oxygen atoms in total. The zero-order valence-corrected chi connectivity index (χ0v) is 20.9. The Labute approximate surface area is 201 Å². The summed E-state index contributed by atoms with van der Waals surface area (Å²) in [6, 6.07) is 6.19. The van der Waals surface area contributed by atoms with Gasteiger partial charge in [-0.3, -0.25) is 19.3 Å². The van der Waals surface area contributed by atoms with Crippen LogP contribution < -0.4 is 0 Å². The maximum atomic E-state index is 13.1. The van der Waals surface area contributed by atoms with E-state index in [0.717, 1.165) is 64.9 Å². The van der Waals surface area contributed by atoms with Crippen molar-refractivity contribution in [3.63, 3.8) is 0 Å². The van der Waals surface area contributed by atoms with Gasteiger partial charge in [0.05, 0.1) is 4.91 Å². The molecule has 8 heteroatoms. The maximum Gasteiger partial charge on any atom is 0.293 e. The molecule has 0 spiro atoms. The SMILES string of the molecule is CCCCN1C(=O)S/C(=C\c2cn(CC(=O)N3CCCCC3C)c3ccc(Br)cc23)C1=O. The number of likely N-dealkylation sites (tertiary alicyclic amines) is 1. The van der Waals surface area contributed by atoms with E-state index in [1.807, 2.05) is 40.8 Å². The Kier molecular flexibility index (Phi) is 7.10. The van der Waals surface area contributed by atoms with Crippen LogP contribution in [0.2, 0.25) is 0 Å². The van der Waals surface area contributed by atoms with Gasteiger partial charge in [-0.1, -0.05) is 29.3 Å². The van der Waals surface area contributed by atoms with E-state index in [0.29, 0.717) is 11.4 Å². The zero-order valence-electron chi connectivity index (χ0n) is 18.5. The number of rotatable bonds is 6. The van der Waals surface area contributed by atoms with E-state index in [1.54, 1.807) is 6.08 Å². The lowest BCUT2D eigenvalue weighted by Crippen LogP contribution is -2.43. The number of halogens is 1. The predicted molar refractivity (Wildman–Crippen MR) is 132 cm³/mol. The number of piperidine rings is 1. The highest BCUT2D eigenvalue weighted by molar-refractivity contribution is 9.10. The molecule has 1 aromatic heterocycles. The van der Waals surface area contributed by atoms with Gasteiger partial charge in [0, 0.05) is 46.3 Å². The molecule has 32 heavy (non-hydrogen) atoms. The summed E-state index contributed by atoms with van der Waals surface area (Å²) in [5.74, 6) is -0.119. The van der Waals surface area contributed by atoms with Crippen LogP contribution >= 0.6 is 27.7 Å². The minimum absolute atomic E-state index is 0.114. The largest absolute Gasteiger partial charge is 0.338 e. The summed E-state index contributed by atoms with van der Waals surface area (Å²) >= 11 is 4.52. The molecule has 1 aromatic carbocycles. The van der Waals surface area contributed by atoms with Gasteiger partial charge >= 0.3 is 0 Å². The number of hydrogen-bond acceptors (Lipinski definition) is 4. The van der Waals surface area contributed by atoms with E-state index in [-0.39, 0.29) is 29.6 Å². The number of carbonyl (C=O) groups is 3. The van der Waals surface area contributed by atoms with Gasteiger partial charge in [0.1, 0.15) is 6.54 Å². The molecule has 2 fully saturated rings. The Balaban J connectivity index is 1.65. The molecule has 0 aliphatic carbocycles. The van der Waals surface area contributed by atoms with E-state index in [9.17, 15) is 14.4 Å². The van der Waals surface area contributed by atoms with Crippen LogP contribution in [0.4, 0.5) is 4.79 Å². The smallest absolute Gasteiger partial charge is 0.293 e. The van der Waals surface area contributed by atoms with Crippen LogP contribution in [0.1, 0.15) is 51.5 Å². The molecule has 2 saturated heterocycles. The highest BCUT2D eigenvalue weighted by Gasteiger charge is 2.34. The van der Waals surface area contributed by atoms with E-state index in [4.69, 9.17) is 0 Å². The molecule has 0 saturated carbocycles. The number of unbranched alkanes of at least 4 members (excludes halogenated alkanes) is 1. The molecule has 3 amide bonds. The number of nitrogens with zero attached hydrogens (tertiary/aromatic N) is 3. The van der Waals surface area contributed by atoms with Crippen molar-refractivity contribution >= 4 is 61.7 Å². The average molecular weight is 518 g/mol. The highest BCUT2D eigenvalue weighted by Crippen LogP contribution is 2.35. The molecule has 0 N–H and O–H groups in total. The van der Waals surface area contributed by atoms with Gasteiger partial charge in [0.15, 0.2) is 0 Å². The van der Waals surface area contributed by atoms with Crippen LogP contribution in [0.25, 0.3) is 17.0 Å². The molecule has 4 rings (SSSR count). The Morgan fingerprint density at radius 3 is 2.84 bits per heavy atom. The van der Waals surface area contributed by atoms with Crippen molar-refractivity contribution in [2.75, 3.05) is 13.1 Å². The van der Waals surface area contributed by atoms with Gasteiger partial charge < -0.3 is 9.47 Å². The van der Waals surface area contributed by atoms with Crippen molar-refractivity contribution in [1.82, 2.24) is 14.4 Å². The van der Waals surface area contributed by atoms with Crippen LogP contribution in [-0.2, 0) is 16.1 Å². The Morgan fingerprint density at radius 2 is 2.09 bits per heavy atom. The van der Waals surface area contributed by atoms with Crippen LogP contribution in [0, 0.1) is 0 Å². The molecule has 0 radical (unpaired) electrons.